The van der Waals surface area contributed by atoms with E-state index in [1.807, 2.05) is 11.7 Å². The SMILES string of the molecule is CN=C(NCC1CCCN(CC(C)C)C1)NC1CCc2ncnn2C1.I. The number of aromatic nitrogens is 3. The van der Waals surface area contributed by atoms with Crippen LogP contribution < -0.4 is 10.6 Å². The van der Waals surface area contributed by atoms with Gasteiger partial charge in [-0.3, -0.25) is 4.99 Å². The van der Waals surface area contributed by atoms with Crippen molar-refractivity contribution in [1.82, 2.24) is 30.3 Å². The number of nitrogens with one attached hydrogen (secondary N) is 2. The second kappa shape index (κ2) is 10.4. The topological polar surface area (TPSA) is 70.4 Å². The predicted molar refractivity (Wildman–Crippen MR) is 116 cm³/mol. The Morgan fingerprint density at radius 3 is 2.96 bits per heavy atom. The molecule has 1 aromatic rings. The minimum absolute atomic E-state index is 0. The van der Waals surface area contributed by atoms with Crippen molar-refractivity contribution >= 4 is 29.9 Å². The maximum atomic E-state index is 4.41. The van der Waals surface area contributed by atoms with E-state index in [4.69, 9.17) is 0 Å². The number of nitrogens with zero attached hydrogens (tertiary/aromatic N) is 5. The highest BCUT2D eigenvalue weighted by atomic mass is 127. The molecule has 2 unspecified atom stereocenters. The summed E-state index contributed by atoms with van der Waals surface area (Å²) in [5.74, 6) is 3.46. The monoisotopic (exact) mass is 475 g/mol. The normalized spacial score (nSPS) is 24.1. The van der Waals surface area contributed by atoms with Gasteiger partial charge in [-0.05, 0) is 37.6 Å². The van der Waals surface area contributed by atoms with E-state index in [-0.39, 0.29) is 24.0 Å². The highest BCUT2D eigenvalue weighted by molar-refractivity contribution is 14.0. The Morgan fingerprint density at radius 1 is 1.35 bits per heavy atom. The Labute approximate surface area is 174 Å². The quantitative estimate of drug-likeness (QED) is 0.386. The number of aliphatic imine (C=N–C) groups is 1. The minimum Gasteiger partial charge on any atom is -0.356 e. The van der Waals surface area contributed by atoms with Crippen LogP contribution in [-0.4, -0.2) is 64.9 Å². The Kier molecular flexibility index (Phi) is 8.59. The molecule has 3 heterocycles. The predicted octanol–water partition coefficient (Wildman–Crippen LogP) is 1.74. The number of halogens is 1. The van der Waals surface area contributed by atoms with Gasteiger partial charge < -0.3 is 15.5 Å². The molecule has 7 nitrogen and oxygen atoms in total. The van der Waals surface area contributed by atoms with Crippen molar-refractivity contribution in [2.24, 2.45) is 16.8 Å². The van der Waals surface area contributed by atoms with Gasteiger partial charge in [0.05, 0.1) is 6.54 Å². The first-order chi connectivity index (χ1) is 12.1. The van der Waals surface area contributed by atoms with E-state index in [1.54, 1.807) is 6.33 Å². The molecular formula is C18H34IN7. The van der Waals surface area contributed by atoms with Gasteiger partial charge in [-0.1, -0.05) is 13.8 Å². The molecule has 2 N–H and O–H groups in total. The summed E-state index contributed by atoms with van der Waals surface area (Å²) in [5.41, 5.74) is 0. The number of hydrogen-bond acceptors (Lipinski definition) is 4. The van der Waals surface area contributed by atoms with Crippen LogP contribution in [0, 0.1) is 11.8 Å². The lowest BCUT2D eigenvalue weighted by molar-refractivity contribution is 0.159. The van der Waals surface area contributed by atoms with Crippen LogP contribution in [0.2, 0.25) is 0 Å². The van der Waals surface area contributed by atoms with E-state index in [2.05, 4.69) is 44.5 Å². The summed E-state index contributed by atoms with van der Waals surface area (Å²) >= 11 is 0. The second-order valence-electron chi connectivity index (χ2n) is 7.85. The molecule has 26 heavy (non-hydrogen) atoms. The molecule has 148 valence electrons. The van der Waals surface area contributed by atoms with Crippen molar-refractivity contribution in [1.29, 1.82) is 0 Å². The van der Waals surface area contributed by atoms with Crippen molar-refractivity contribution < 1.29 is 0 Å². The number of guanidine groups is 1. The van der Waals surface area contributed by atoms with Crippen molar-refractivity contribution in [2.75, 3.05) is 33.2 Å². The van der Waals surface area contributed by atoms with Gasteiger partial charge in [-0.2, -0.15) is 5.10 Å². The molecular weight excluding hydrogens is 441 g/mol. The van der Waals surface area contributed by atoms with E-state index >= 15 is 0 Å². The van der Waals surface area contributed by atoms with Gasteiger partial charge in [-0.25, -0.2) is 9.67 Å². The van der Waals surface area contributed by atoms with Crippen LogP contribution >= 0.6 is 24.0 Å². The lowest BCUT2D eigenvalue weighted by Gasteiger charge is -2.34. The first kappa shape index (κ1) is 21.4. The zero-order valence-corrected chi connectivity index (χ0v) is 18.6. The van der Waals surface area contributed by atoms with Crippen LogP contribution in [0.15, 0.2) is 11.3 Å². The van der Waals surface area contributed by atoms with E-state index in [1.165, 1.54) is 32.5 Å². The number of piperidine rings is 1. The number of aryl methyl sites for hydroxylation is 1. The summed E-state index contributed by atoms with van der Waals surface area (Å²) in [6.07, 6.45) is 6.32. The maximum Gasteiger partial charge on any atom is 0.191 e. The smallest absolute Gasteiger partial charge is 0.191 e. The van der Waals surface area contributed by atoms with Gasteiger partial charge in [0.2, 0.25) is 0 Å². The van der Waals surface area contributed by atoms with Gasteiger partial charge in [-0.15, -0.1) is 24.0 Å². The Balaban J connectivity index is 0.00000243. The summed E-state index contributed by atoms with van der Waals surface area (Å²) in [4.78, 5) is 11.3. The fraction of sp³-hybridized carbons (Fsp3) is 0.833. The first-order valence-corrected chi connectivity index (χ1v) is 9.70. The van der Waals surface area contributed by atoms with Crippen molar-refractivity contribution in [3.05, 3.63) is 12.2 Å². The fourth-order valence-corrected chi connectivity index (χ4v) is 3.98. The van der Waals surface area contributed by atoms with E-state index in [0.29, 0.717) is 12.0 Å². The Morgan fingerprint density at radius 2 is 2.19 bits per heavy atom. The average Bonchev–Trinajstić information content (AvgIpc) is 3.06. The molecule has 0 radical (unpaired) electrons. The molecule has 0 amide bonds. The van der Waals surface area contributed by atoms with Crippen LogP contribution in [0.5, 0.6) is 0 Å². The van der Waals surface area contributed by atoms with Crippen molar-refractivity contribution in [3.8, 4) is 0 Å². The third-order valence-corrected chi connectivity index (χ3v) is 5.15. The molecule has 2 atom stereocenters. The lowest BCUT2D eigenvalue weighted by atomic mass is 9.97. The Bertz CT molecular complexity index is 572. The number of fused-ring (bicyclic) bond motifs is 1. The number of hydrogen-bond donors (Lipinski definition) is 2. The minimum atomic E-state index is 0. The van der Waals surface area contributed by atoms with E-state index in [9.17, 15) is 0 Å². The fourth-order valence-electron chi connectivity index (χ4n) is 3.98. The molecule has 1 saturated heterocycles. The molecule has 0 bridgehead atoms. The highest BCUT2D eigenvalue weighted by Crippen LogP contribution is 2.17. The molecule has 3 rings (SSSR count). The molecule has 0 saturated carbocycles. The van der Waals surface area contributed by atoms with Gasteiger partial charge in [0.25, 0.3) is 0 Å². The molecule has 1 fully saturated rings. The van der Waals surface area contributed by atoms with Crippen molar-refractivity contribution in [2.45, 2.75) is 52.1 Å². The molecule has 0 aliphatic carbocycles. The maximum absolute atomic E-state index is 4.41. The van der Waals surface area contributed by atoms with Crippen LogP contribution in [0.25, 0.3) is 0 Å². The molecule has 8 heteroatoms. The van der Waals surface area contributed by atoms with Crippen LogP contribution in [0.4, 0.5) is 0 Å². The summed E-state index contributed by atoms with van der Waals surface area (Å²) in [7, 11) is 1.85. The standard InChI is InChI=1S/C18H33N7.HI/c1-14(2)10-24-8-4-5-15(11-24)9-20-18(19-3)23-16-6-7-17-21-13-22-25(17)12-16;/h13-16H,4-12H2,1-3H3,(H2,19,20,23);1H. The molecule has 0 aromatic carbocycles. The first-order valence-electron chi connectivity index (χ1n) is 9.70. The molecule has 2 aliphatic rings. The summed E-state index contributed by atoms with van der Waals surface area (Å²) < 4.78 is 2.00. The van der Waals surface area contributed by atoms with Gasteiger partial charge in [0.15, 0.2) is 5.96 Å². The third kappa shape index (κ3) is 6.07. The van der Waals surface area contributed by atoms with E-state index in [0.717, 1.165) is 43.6 Å². The van der Waals surface area contributed by atoms with Crippen molar-refractivity contribution in [3.63, 3.8) is 0 Å². The molecule has 0 spiro atoms. The van der Waals surface area contributed by atoms with Crippen LogP contribution in [-0.2, 0) is 13.0 Å². The Hall–Kier alpha value is -0.900. The second-order valence-corrected chi connectivity index (χ2v) is 7.85. The van der Waals surface area contributed by atoms with Crippen LogP contribution in [0.3, 0.4) is 0 Å². The molecule has 1 aromatic heterocycles. The average molecular weight is 475 g/mol. The molecule has 2 aliphatic heterocycles. The summed E-state index contributed by atoms with van der Waals surface area (Å²) in [6, 6.07) is 0.365. The number of likely N-dealkylation sites (tertiary alicyclic amines) is 1. The van der Waals surface area contributed by atoms with Crippen LogP contribution in [0.1, 0.15) is 38.9 Å². The lowest BCUT2D eigenvalue weighted by Crippen LogP contribution is -2.49. The zero-order chi connectivity index (χ0) is 17.6. The number of rotatable bonds is 5. The third-order valence-electron chi connectivity index (χ3n) is 5.15. The van der Waals surface area contributed by atoms with E-state index < -0.39 is 0 Å². The van der Waals surface area contributed by atoms with Gasteiger partial charge >= 0.3 is 0 Å². The zero-order valence-electron chi connectivity index (χ0n) is 16.3. The van der Waals surface area contributed by atoms with Gasteiger partial charge in [0.1, 0.15) is 12.2 Å². The van der Waals surface area contributed by atoms with Gasteiger partial charge in [0, 0.05) is 39.1 Å². The summed E-state index contributed by atoms with van der Waals surface area (Å²) in [6.45, 7) is 10.1. The summed E-state index contributed by atoms with van der Waals surface area (Å²) in [5, 5.41) is 11.4. The highest BCUT2D eigenvalue weighted by Gasteiger charge is 2.22. The largest absolute Gasteiger partial charge is 0.356 e.